The molecule has 1 atom stereocenters. The lowest BCUT2D eigenvalue weighted by atomic mass is 9.95. The summed E-state index contributed by atoms with van der Waals surface area (Å²) in [4.78, 5) is 32.5. The molecule has 5 rings (SSSR count). The molecule has 0 spiro atoms. The molecule has 0 saturated heterocycles. The van der Waals surface area contributed by atoms with Crippen LogP contribution in [0.5, 0.6) is 5.75 Å². The van der Waals surface area contributed by atoms with Gasteiger partial charge in [0.1, 0.15) is 11.8 Å². The first-order chi connectivity index (χ1) is 18.3. The van der Waals surface area contributed by atoms with Crippen molar-refractivity contribution in [2.24, 2.45) is 4.99 Å². The number of carbonyl (C=O) groups excluding carboxylic acids is 1. The molecule has 0 fully saturated rings. The van der Waals surface area contributed by atoms with Gasteiger partial charge in [-0.1, -0.05) is 47.7 Å². The number of carbonyl (C=O) groups is 1. The molecular weight excluding hydrogens is 498 g/mol. The van der Waals surface area contributed by atoms with Crippen LogP contribution in [0, 0.1) is 0 Å². The van der Waals surface area contributed by atoms with Gasteiger partial charge in [-0.15, -0.1) is 0 Å². The van der Waals surface area contributed by atoms with Crippen LogP contribution in [0.15, 0.2) is 75.8 Å². The molecule has 4 aromatic rings. The molecule has 0 N–H and O–H groups in total. The molecule has 0 radical (unpaired) electrons. The van der Waals surface area contributed by atoms with Gasteiger partial charge in [0.2, 0.25) is 0 Å². The maximum Gasteiger partial charge on any atom is 0.338 e. The summed E-state index contributed by atoms with van der Waals surface area (Å²) in [6, 6.07) is 15.2. The van der Waals surface area contributed by atoms with Crippen molar-refractivity contribution in [2.75, 3.05) is 13.2 Å². The topological polar surface area (TPSA) is 74.8 Å². The van der Waals surface area contributed by atoms with Crippen LogP contribution in [-0.4, -0.2) is 28.3 Å². The Hall–Kier alpha value is -3.91. The number of fused-ring (bicyclic) bond motifs is 2. The van der Waals surface area contributed by atoms with Crippen molar-refractivity contribution in [3.8, 4) is 5.75 Å². The zero-order valence-electron chi connectivity index (χ0n) is 22.2. The summed E-state index contributed by atoms with van der Waals surface area (Å²) in [6.45, 7) is 10.4. The fourth-order valence-electron chi connectivity index (χ4n) is 4.99. The van der Waals surface area contributed by atoms with E-state index in [0.29, 0.717) is 33.0 Å². The summed E-state index contributed by atoms with van der Waals surface area (Å²) in [7, 11) is 0. The molecule has 1 aliphatic heterocycles. The number of para-hydroxylation sites is 2. The van der Waals surface area contributed by atoms with E-state index in [0.717, 1.165) is 22.0 Å². The lowest BCUT2D eigenvalue weighted by Crippen LogP contribution is -2.40. The predicted molar refractivity (Wildman–Crippen MR) is 150 cm³/mol. The van der Waals surface area contributed by atoms with Crippen molar-refractivity contribution < 1.29 is 14.3 Å². The van der Waals surface area contributed by atoms with Crippen LogP contribution in [0.3, 0.4) is 0 Å². The van der Waals surface area contributed by atoms with E-state index in [2.05, 4.69) is 36.7 Å². The van der Waals surface area contributed by atoms with Crippen molar-refractivity contribution in [1.29, 1.82) is 0 Å². The second-order valence-corrected chi connectivity index (χ2v) is 10.4. The standard InChI is InChI=1S/C30H31N3O4S/c1-6-36-24-15-11-9-13-22(24)27-26(29(35)37-7-2)19(5)31-30-33(27)28(34)25(38-30)16-20-17-32(18(3)4)23-14-10-8-12-21(20)23/h8-18,27H,6-7H2,1-5H3/b25-16-. The summed E-state index contributed by atoms with van der Waals surface area (Å²) < 4.78 is 15.7. The monoisotopic (exact) mass is 529 g/mol. The second-order valence-electron chi connectivity index (χ2n) is 9.38. The third kappa shape index (κ3) is 4.39. The summed E-state index contributed by atoms with van der Waals surface area (Å²) in [5, 5.41) is 1.08. The van der Waals surface area contributed by atoms with E-state index in [1.165, 1.54) is 11.3 Å². The van der Waals surface area contributed by atoms with Crippen LogP contribution >= 0.6 is 11.3 Å². The second kappa shape index (κ2) is 10.5. The average Bonchev–Trinajstić information content (AvgIpc) is 3.41. The SMILES string of the molecule is CCOC(=O)C1=C(C)N=c2s/c(=C\c3cn(C(C)C)c4ccccc34)c(=O)n2C1c1ccccc1OCC. The van der Waals surface area contributed by atoms with Crippen LogP contribution < -0.4 is 19.6 Å². The van der Waals surface area contributed by atoms with Crippen LogP contribution in [0.25, 0.3) is 17.0 Å². The summed E-state index contributed by atoms with van der Waals surface area (Å²) in [6.07, 6.45) is 4.02. The number of hydrogen-bond acceptors (Lipinski definition) is 6. The molecule has 0 aliphatic carbocycles. The summed E-state index contributed by atoms with van der Waals surface area (Å²) in [5.41, 5.74) is 3.47. The Morgan fingerprint density at radius 3 is 2.58 bits per heavy atom. The van der Waals surface area contributed by atoms with Crippen molar-refractivity contribution in [1.82, 2.24) is 9.13 Å². The van der Waals surface area contributed by atoms with E-state index in [9.17, 15) is 9.59 Å². The number of thiazole rings is 1. The van der Waals surface area contributed by atoms with Crippen molar-refractivity contribution in [2.45, 2.75) is 46.7 Å². The van der Waals surface area contributed by atoms with E-state index >= 15 is 0 Å². The van der Waals surface area contributed by atoms with Crippen molar-refractivity contribution in [3.05, 3.63) is 96.8 Å². The molecule has 0 saturated carbocycles. The zero-order valence-corrected chi connectivity index (χ0v) is 23.0. The number of nitrogens with zero attached hydrogens (tertiary/aromatic N) is 3. The highest BCUT2D eigenvalue weighted by molar-refractivity contribution is 7.07. The highest BCUT2D eigenvalue weighted by Gasteiger charge is 2.35. The first kappa shape index (κ1) is 25.7. The largest absolute Gasteiger partial charge is 0.494 e. The van der Waals surface area contributed by atoms with E-state index in [1.807, 2.05) is 49.4 Å². The predicted octanol–water partition coefficient (Wildman–Crippen LogP) is 4.73. The van der Waals surface area contributed by atoms with Gasteiger partial charge in [-0.05, 0) is 52.8 Å². The maximum absolute atomic E-state index is 14.0. The van der Waals surface area contributed by atoms with E-state index in [-0.39, 0.29) is 18.2 Å². The third-order valence-electron chi connectivity index (χ3n) is 6.64. The number of rotatable bonds is 7. The van der Waals surface area contributed by atoms with Crippen LogP contribution in [0.2, 0.25) is 0 Å². The first-order valence-electron chi connectivity index (χ1n) is 12.9. The fourth-order valence-corrected chi connectivity index (χ4v) is 6.03. The smallest absolute Gasteiger partial charge is 0.338 e. The molecule has 0 bridgehead atoms. The molecule has 8 heteroatoms. The summed E-state index contributed by atoms with van der Waals surface area (Å²) in [5.74, 6) is 0.130. The van der Waals surface area contributed by atoms with Gasteiger partial charge in [-0.3, -0.25) is 9.36 Å². The van der Waals surface area contributed by atoms with Crippen molar-refractivity contribution in [3.63, 3.8) is 0 Å². The van der Waals surface area contributed by atoms with Crippen LogP contribution in [-0.2, 0) is 9.53 Å². The van der Waals surface area contributed by atoms with Crippen LogP contribution in [0.4, 0.5) is 0 Å². The minimum absolute atomic E-state index is 0.208. The normalized spacial score (nSPS) is 15.6. The van der Waals surface area contributed by atoms with Gasteiger partial charge >= 0.3 is 5.97 Å². The highest BCUT2D eigenvalue weighted by atomic mass is 32.1. The number of benzene rings is 2. The number of aromatic nitrogens is 2. The lowest BCUT2D eigenvalue weighted by Gasteiger charge is -2.26. The first-order valence-corrected chi connectivity index (χ1v) is 13.7. The highest BCUT2D eigenvalue weighted by Crippen LogP contribution is 2.36. The van der Waals surface area contributed by atoms with Gasteiger partial charge in [0.15, 0.2) is 4.80 Å². The van der Waals surface area contributed by atoms with Gasteiger partial charge in [-0.25, -0.2) is 9.79 Å². The molecule has 2 aromatic carbocycles. The van der Waals surface area contributed by atoms with Gasteiger partial charge < -0.3 is 14.0 Å². The Balaban J connectivity index is 1.77. The molecular formula is C30H31N3O4S. The van der Waals surface area contributed by atoms with E-state index in [4.69, 9.17) is 14.5 Å². The molecule has 38 heavy (non-hydrogen) atoms. The lowest BCUT2D eigenvalue weighted by molar-refractivity contribution is -0.139. The van der Waals surface area contributed by atoms with Gasteiger partial charge in [-0.2, -0.15) is 0 Å². The zero-order chi connectivity index (χ0) is 27.0. The minimum Gasteiger partial charge on any atom is -0.494 e. The molecule has 0 amide bonds. The van der Waals surface area contributed by atoms with Crippen molar-refractivity contribution >= 4 is 34.3 Å². The number of esters is 1. The molecule has 1 aliphatic rings. The van der Waals surface area contributed by atoms with Gasteiger partial charge in [0.25, 0.3) is 5.56 Å². The molecule has 3 heterocycles. The fraction of sp³-hybridized carbons (Fsp3) is 0.300. The number of ether oxygens (including phenoxy) is 2. The quantitative estimate of drug-likeness (QED) is 0.325. The maximum atomic E-state index is 14.0. The molecule has 2 aromatic heterocycles. The van der Waals surface area contributed by atoms with Crippen LogP contribution in [0.1, 0.15) is 57.8 Å². The van der Waals surface area contributed by atoms with Gasteiger partial charge in [0, 0.05) is 34.3 Å². The Morgan fingerprint density at radius 2 is 1.84 bits per heavy atom. The Bertz CT molecular complexity index is 1740. The minimum atomic E-state index is -0.716. The number of allylic oxidation sites excluding steroid dienone is 1. The molecule has 1 unspecified atom stereocenters. The molecule has 196 valence electrons. The van der Waals surface area contributed by atoms with E-state index < -0.39 is 12.0 Å². The third-order valence-corrected chi connectivity index (χ3v) is 7.63. The Kier molecular flexibility index (Phi) is 7.08. The Morgan fingerprint density at radius 1 is 1.11 bits per heavy atom. The van der Waals surface area contributed by atoms with Gasteiger partial charge in [0.05, 0.1) is 29.0 Å². The average molecular weight is 530 g/mol. The molecule has 7 nitrogen and oxygen atoms in total. The Labute approximate surface area is 225 Å². The number of hydrogen-bond donors (Lipinski definition) is 0. The van der Waals surface area contributed by atoms with E-state index in [1.54, 1.807) is 18.4 Å². The summed E-state index contributed by atoms with van der Waals surface area (Å²) >= 11 is 1.32.